The number of aromatic nitrogens is 1. The van der Waals surface area contributed by atoms with Crippen LogP contribution >= 0.6 is 11.3 Å². The van der Waals surface area contributed by atoms with Crippen molar-refractivity contribution in [3.8, 4) is 0 Å². The van der Waals surface area contributed by atoms with Gasteiger partial charge in [0.05, 0.1) is 16.7 Å². The second-order valence-corrected chi connectivity index (χ2v) is 8.69. The molecule has 0 radical (unpaired) electrons. The largest absolute Gasteiger partial charge is 0.463 e. The fraction of sp³-hybridized carbons (Fsp3) is 0.240. The average Bonchev–Trinajstić information content (AvgIpc) is 3.09. The molecule has 0 spiro atoms. The van der Waals surface area contributed by atoms with E-state index in [1.165, 1.54) is 15.9 Å². The maximum atomic E-state index is 13.2. The van der Waals surface area contributed by atoms with Crippen LogP contribution in [-0.2, 0) is 9.53 Å². The van der Waals surface area contributed by atoms with Crippen LogP contribution in [0.25, 0.3) is 11.8 Å². The number of anilines is 1. The second-order valence-electron chi connectivity index (χ2n) is 7.68. The van der Waals surface area contributed by atoms with Crippen LogP contribution in [0.2, 0.25) is 0 Å². The molecule has 1 aliphatic rings. The van der Waals surface area contributed by atoms with Crippen molar-refractivity contribution in [3.63, 3.8) is 0 Å². The monoisotopic (exact) mass is 447 g/mol. The van der Waals surface area contributed by atoms with Crippen LogP contribution in [0.3, 0.4) is 0 Å². The molecule has 1 aliphatic heterocycles. The van der Waals surface area contributed by atoms with E-state index in [9.17, 15) is 9.59 Å². The smallest absolute Gasteiger partial charge is 0.338 e. The number of ether oxygens (including phenoxy) is 1. The number of carbonyl (C=O) groups is 1. The molecule has 0 bridgehead atoms. The summed E-state index contributed by atoms with van der Waals surface area (Å²) in [6.45, 7) is 3.80. The van der Waals surface area contributed by atoms with E-state index in [0.29, 0.717) is 20.6 Å². The van der Waals surface area contributed by atoms with Crippen LogP contribution < -0.4 is 19.8 Å². The number of hydrogen-bond acceptors (Lipinski definition) is 6. The summed E-state index contributed by atoms with van der Waals surface area (Å²) in [5.41, 5.74) is 3.63. The number of carbonyl (C=O) groups excluding carboxylic acids is 1. The Labute approximate surface area is 190 Å². The molecule has 3 aromatic rings. The first-order valence-electron chi connectivity index (χ1n) is 10.4. The summed E-state index contributed by atoms with van der Waals surface area (Å²) in [5, 5.41) is 0. The predicted molar refractivity (Wildman–Crippen MR) is 128 cm³/mol. The predicted octanol–water partition coefficient (Wildman–Crippen LogP) is 2.97. The van der Waals surface area contributed by atoms with Gasteiger partial charge in [-0.2, -0.15) is 0 Å². The fourth-order valence-corrected chi connectivity index (χ4v) is 4.75. The van der Waals surface area contributed by atoms with Gasteiger partial charge in [-0.1, -0.05) is 53.8 Å². The zero-order valence-electron chi connectivity index (χ0n) is 18.5. The van der Waals surface area contributed by atoms with Gasteiger partial charge in [-0.25, -0.2) is 9.79 Å². The number of fused-ring (bicyclic) bond motifs is 1. The first kappa shape index (κ1) is 21.8. The molecule has 1 aromatic heterocycles. The highest BCUT2D eigenvalue weighted by atomic mass is 32.1. The van der Waals surface area contributed by atoms with Crippen LogP contribution in [0, 0.1) is 0 Å². The Morgan fingerprint density at radius 3 is 2.47 bits per heavy atom. The molecule has 0 amide bonds. The molecule has 0 unspecified atom stereocenters. The van der Waals surface area contributed by atoms with E-state index in [1.807, 2.05) is 79.7 Å². The Kier molecular flexibility index (Phi) is 6.10. The molecule has 0 N–H and O–H groups in total. The highest BCUT2D eigenvalue weighted by Crippen LogP contribution is 2.33. The van der Waals surface area contributed by atoms with Crippen LogP contribution in [0.15, 0.2) is 70.0 Å². The lowest BCUT2D eigenvalue weighted by Crippen LogP contribution is -2.35. The van der Waals surface area contributed by atoms with Gasteiger partial charge in [-0.05, 0) is 43.2 Å². The quantitative estimate of drug-likeness (QED) is 0.564. The number of benzene rings is 2. The molecule has 0 aliphatic carbocycles. The molecule has 6 nitrogen and oxygen atoms in total. The molecule has 0 saturated carbocycles. The summed E-state index contributed by atoms with van der Waals surface area (Å²) in [4.78, 5) is 33.5. The SMILES string of the molecule is CCOC(=O)C1=C(C)n2c(s/c(=C\c3ccccc3)c2=O)=N[C@@H]1c1ccc(N(C)C)cc1. The molecule has 0 fully saturated rings. The molecule has 0 saturated heterocycles. The summed E-state index contributed by atoms with van der Waals surface area (Å²) < 4.78 is 7.43. The Balaban J connectivity index is 1.91. The molecule has 7 heteroatoms. The van der Waals surface area contributed by atoms with Crippen molar-refractivity contribution in [2.75, 3.05) is 25.6 Å². The zero-order chi connectivity index (χ0) is 22.8. The first-order valence-corrected chi connectivity index (χ1v) is 11.2. The minimum absolute atomic E-state index is 0.182. The van der Waals surface area contributed by atoms with Crippen LogP contribution in [-0.4, -0.2) is 31.2 Å². The minimum atomic E-state index is -0.534. The van der Waals surface area contributed by atoms with Gasteiger partial charge < -0.3 is 9.64 Å². The average molecular weight is 448 g/mol. The summed E-state index contributed by atoms with van der Waals surface area (Å²) >= 11 is 1.33. The van der Waals surface area contributed by atoms with E-state index in [1.54, 1.807) is 13.8 Å². The molecule has 2 aromatic carbocycles. The highest BCUT2D eigenvalue weighted by molar-refractivity contribution is 7.07. The Hall–Kier alpha value is -3.45. The van der Waals surface area contributed by atoms with Crippen molar-refractivity contribution in [2.45, 2.75) is 19.9 Å². The first-order chi connectivity index (χ1) is 15.4. The summed E-state index contributed by atoms with van der Waals surface area (Å²) in [7, 11) is 3.95. The van der Waals surface area contributed by atoms with Crippen LogP contribution in [0.1, 0.15) is 31.0 Å². The topological polar surface area (TPSA) is 63.9 Å². The van der Waals surface area contributed by atoms with E-state index in [4.69, 9.17) is 9.73 Å². The molecular formula is C25H25N3O3S. The summed E-state index contributed by atoms with van der Waals surface area (Å²) in [6.07, 6.45) is 1.85. The molecule has 4 rings (SSSR count). The van der Waals surface area contributed by atoms with Gasteiger partial charge in [0.15, 0.2) is 4.80 Å². The maximum absolute atomic E-state index is 13.2. The van der Waals surface area contributed by atoms with Crippen LogP contribution in [0.5, 0.6) is 0 Å². The Morgan fingerprint density at radius 2 is 1.84 bits per heavy atom. The van der Waals surface area contributed by atoms with Gasteiger partial charge in [0, 0.05) is 25.5 Å². The second kappa shape index (κ2) is 8.96. The molecule has 2 heterocycles. The van der Waals surface area contributed by atoms with Crippen molar-refractivity contribution in [3.05, 3.63) is 91.0 Å². The molecule has 32 heavy (non-hydrogen) atoms. The third-order valence-electron chi connectivity index (χ3n) is 5.36. The zero-order valence-corrected chi connectivity index (χ0v) is 19.3. The third-order valence-corrected chi connectivity index (χ3v) is 6.35. The Morgan fingerprint density at radius 1 is 1.16 bits per heavy atom. The van der Waals surface area contributed by atoms with Crippen molar-refractivity contribution in [2.24, 2.45) is 4.99 Å². The fourth-order valence-electron chi connectivity index (χ4n) is 3.71. The van der Waals surface area contributed by atoms with Crippen molar-refractivity contribution >= 4 is 34.8 Å². The van der Waals surface area contributed by atoms with Gasteiger partial charge in [0.25, 0.3) is 5.56 Å². The number of thiazole rings is 1. The van der Waals surface area contributed by atoms with E-state index in [0.717, 1.165) is 16.8 Å². The molecular weight excluding hydrogens is 422 g/mol. The van der Waals surface area contributed by atoms with Crippen molar-refractivity contribution < 1.29 is 9.53 Å². The van der Waals surface area contributed by atoms with Gasteiger partial charge in [0.1, 0.15) is 6.04 Å². The van der Waals surface area contributed by atoms with E-state index < -0.39 is 12.0 Å². The third kappa shape index (κ3) is 4.03. The number of rotatable bonds is 5. The number of esters is 1. The summed E-state index contributed by atoms with van der Waals surface area (Å²) in [6, 6.07) is 17.1. The van der Waals surface area contributed by atoms with Gasteiger partial charge in [0.2, 0.25) is 0 Å². The maximum Gasteiger partial charge on any atom is 0.338 e. The van der Waals surface area contributed by atoms with Gasteiger partial charge in [-0.3, -0.25) is 9.36 Å². The number of allylic oxidation sites excluding steroid dienone is 1. The lowest BCUT2D eigenvalue weighted by Gasteiger charge is -2.23. The minimum Gasteiger partial charge on any atom is -0.463 e. The lowest BCUT2D eigenvalue weighted by atomic mass is 9.96. The molecule has 1 atom stereocenters. The van der Waals surface area contributed by atoms with E-state index >= 15 is 0 Å². The number of nitrogens with zero attached hydrogens (tertiary/aromatic N) is 3. The normalized spacial score (nSPS) is 15.9. The van der Waals surface area contributed by atoms with E-state index in [-0.39, 0.29) is 12.2 Å². The van der Waals surface area contributed by atoms with Crippen molar-refractivity contribution in [1.29, 1.82) is 0 Å². The lowest BCUT2D eigenvalue weighted by molar-refractivity contribution is -0.138. The van der Waals surface area contributed by atoms with Crippen LogP contribution in [0.4, 0.5) is 5.69 Å². The summed E-state index contributed by atoms with van der Waals surface area (Å²) in [5.74, 6) is -0.451. The van der Waals surface area contributed by atoms with E-state index in [2.05, 4.69) is 0 Å². The van der Waals surface area contributed by atoms with Crippen molar-refractivity contribution in [1.82, 2.24) is 4.57 Å². The highest BCUT2D eigenvalue weighted by Gasteiger charge is 2.31. The Bertz CT molecular complexity index is 1350. The number of hydrogen-bond donors (Lipinski definition) is 0. The van der Waals surface area contributed by atoms with Gasteiger partial charge >= 0.3 is 5.97 Å². The molecule has 164 valence electrons. The standard InChI is InChI=1S/C25H25N3O3S/c1-5-31-24(30)21-16(2)28-23(29)20(15-17-9-7-6-8-10-17)32-25(28)26-22(21)18-11-13-19(14-12-18)27(3)4/h6-15,22H,5H2,1-4H3/b20-15-/t22-/m1/s1. The van der Waals surface area contributed by atoms with Gasteiger partial charge in [-0.15, -0.1) is 0 Å².